The van der Waals surface area contributed by atoms with Crippen molar-refractivity contribution in [3.8, 4) is 5.69 Å². The first-order valence-electron chi connectivity index (χ1n) is 5.29. The molecule has 17 heavy (non-hydrogen) atoms. The summed E-state index contributed by atoms with van der Waals surface area (Å²) in [5.74, 6) is 0.268. The fourth-order valence-electron chi connectivity index (χ4n) is 1.79. The molecule has 0 fully saturated rings. The standard InChI is InChI=1S/C12H13Cl2N3/c1-7(2)12-10(15)6-16-17(12)11-4-3-8(13)5-9(11)14/h3-7H,15H2,1-2H3. The van der Waals surface area contributed by atoms with E-state index in [4.69, 9.17) is 28.9 Å². The average molecular weight is 270 g/mol. The third-order valence-electron chi connectivity index (χ3n) is 2.52. The van der Waals surface area contributed by atoms with Crippen LogP contribution in [0.15, 0.2) is 24.4 Å². The molecule has 1 heterocycles. The lowest BCUT2D eigenvalue weighted by Crippen LogP contribution is -2.06. The van der Waals surface area contributed by atoms with E-state index in [9.17, 15) is 0 Å². The zero-order valence-corrected chi connectivity index (χ0v) is 11.1. The molecule has 2 N–H and O–H groups in total. The molecule has 1 aromatic carbocycles. The topological polar surface area (TPSA) is 43.8 Å². The van der Waals surface area contributed by atoms with Gasteiger partial charge in [0, 0.05) is 5.02 Å². The third-order valence-corrected chi connectivity index (χ3v) is 3.06. The van der Waals surface area contributed by atoms with Crippen LogP contribution in [0.25, 0.3) is 5.69 Å². The Balaban J connectivity index is 2.61. The number of hydrogen-bond acceptors (Lipinski definition) is 2. The van der Waals surface area contributed by atoms with Gasteiger partial charge in [0.2, 0.25) is 0 Å². The van der Waals surface area contributed by atoms with Crippen molar-refractivity contribution >= 4 is 28.9 Å². The van der Waals surface area contributed by atoms with Gasteiger partial charge in [-0.3, -0.25) is 0 Å². The smallest absolute Gasteiger partial charge is 0.0837 e. The lowest BCUT2D eigenvalue weighted by Gasteiger charge is -2.12. The molecule has 0 saturated heterocycles. The number of nitrogens with zero attached hydrogens (tertiary/aromatic N) is 2. The van der Waals surface area contributed by atoms with E-state index in [1.807, 2.05) is 6.07 Å². The lowest BCUT2D eigenvalue weighted by atomic mass is 10.1. The molecule has 1 aromatic heterocycles. The normalized spacial score (nSPS) is 11.1. The molecule has 3 nitrogen and oxygen atoms in total. The summed E-state index contributed by atoms with van der Waals surface area (Å²) >= 11 is 12.0. The van der Waals surface area contributed by atoms with Gasteiger partial charge in [-0.2, -0.15) is 5.10 Å². The van der Waals surface area contributed by atoms with E-state index in [1.54, 1.807) is 23.0 Å². The van der Waals surface area contributed by atoms with Crippen molar-refractivity contribution in [3.05, 3.63) is 40.1 Å². The minimum Gasteiger partial charge on any atom is -0.396 e. The number of aromatic nitrogens is 2. The van der Waals surface area contributed by atoms with E-state index < -0.39 is 0 Å². The molecule has 5 heteroatoms. The second-order valence-corrected chi connectivity index (χ2v) is 4.99. The van der Waals surface area contributed by atoms with Crippen molar-refractivity contribution < 1.29 is 0 Å². The van der Waals surface area contributed by atoms with E-state index in [2.05, 4.69) is 18.9 Å². The second-order valence-electron chi connectivity index (χ2n) is 4.15. The van der Waals surface area contributed by atoms with Gasteiger partial charge >= 0.3 is 0 Å². The predicted octanol–water partition coefficient (Wildman–Crippen LogP) is 3.88. The molecular weight excluding hydrogens is 257 g/mol. The maximum absolute atomic E-state index is 6.16. The zero-order valence-electron chi connectivity index (χ0n) is 9.61. The molecular formula is C12H13Cl2N3. The average Bonchev–Trinajstić information content (AvgIpc) is 2.60. The van der Waals surface area contributed by atoms with Crippen molar-refractivity contribution in [2.24, 2.45) is 0 Å². The van der Waals surface area contributed by atoms with Gasteiger partial charge in [0.15, 0.2) is 0 Å². The van der Waals surface area contributed by atoms with Crippen LogP contribution in [0, 0.1) is 0 Å². The van der Waals surface area contributed by atoms with Crippen LogP contribution >= 0.6 is 23.2 Å². The quantitative estimate of drug-likeness (QED) is 0.899. The van der Waals surface area contributed by atoms with Crippen LogP contribution in [0.5, 0.6) is 0 Å². The Morgan fingerprint density at radius 2 is 2.00 bits per heavy atom. The Hall–Kier alpha value is -1.19. The van der Waals surface area contributed by atoms with Gasteiger partial charge in [-0.1, -0.05) is 37.0 Å². The van der Waals surface area contributed by atoms with E-state index >= 15 is 0 Å². The summed E-state index contributed by atoms with van der Waals surface area (Å²) in [6.07, 6.45) is 1.64. The van der Waals surface area contributed by atoms with Gasteiger partial charge in [-0.05, 0) is 24.1 Å². The molecule has 2 aromatic rings. The molecule has 0 aliphatic rings. The number of benzene rings is 1. The molecule has 0 atom stereocenters. The Labute approximate surface area is 110 Å². The van der Waals surface area contributed by atoms with Crippen LogP contribution in [-0.2, 0) is 0 Å². The molecule has 0 unspecified atom stereocenters. The van der Waals surface area contributed by atoms with Crippen molar-refractivity contribution in [3.63, 3.8) is 0 Å². The fourth-order valence-corrected chi connectivity index (χ4v) is 2.28. The molecule has 0 amide bonds. The molecule has 0 spiro atoms. The van der Waals surface area contributed by atoms with Crippen LogP contribution in [-0.4, -0.2) is 9.78 Å². The van der Waals surface area contributed by atoms with Crippen LogP contribution in [0.4, 0.5) is 5.69 Å². The highest BCUT2D eigenvalue weighted by molar-refractivity contribution is 6.35. The van der Waals surface area contributed by atoms with Crippen molar-refractivity contribution in [1.29, 1.82) is 0 Å². The van der Waals surface area contributed by atoms with E-state index in [-0.39, 0.29) is 5.92 Å². The Bertz CT molecular complexity index is 547. The van der Waals surface area contributed by atoms with Crippen LogP contribution in [0.1, 0.15) is 25.5 Å². The lowest BCUT2D eigenvalue weighted by molar-refractivity contribution is 0.736. The molecule has 0 bridgehead atoms. The first kappa shape index (κ1) is 12.3. The van der Waals surface area contributed by atoms with Crippen molar-refractivity contribution in [1.82, 2.24) is 9.78 Å². The predicted molar refractivity (Wildman–Crippen MR) is 72.1 cm³/mol. The largest absolute Gasteiger partial charge is 0.396 e. The maximum atomic E-state index is 6.16. The summed E-state index contributed by atoms with van der Waals surface area (Å²) in [5, 5.41) is 5.42. The minimum atomic E-state index is 0.268. The summed E-state index contributed by atoms with van der Waals surface area (Å²) in [7, 11) is 0. The second kappa shape index (κ2) is 4.59. The van der Waals surface area contributed by atoms with Crippen molar-refractivity contribution in [2.75, 3.05) is 5.73 Å². The van der Waals surface area contributed by atoms with E-state index in [1.165, 1.54) is 0 Å². The summed E-state index contributed by atoms with van der Waals surface area (Å²) < 4.78 is 1.76. The van der Waals surface area contributed by atoms with Gasteiger partial charge < -0.3 is 5.73 Å². The van der Waals surface area contributed by atoms with Crippen LogP contribution in [0.3, 0.4) is 0 Å². The first-order valence-corrected chi connectivity index (χ1v) is 6.05. The summed E-state index contributed by atoms with van der Waals surface area (Å²) in [6.45, 7) is 4.13. The van der Waals surface area contributed by atoms with E-state index in [0.717, 1.165) is 11.4 Å². The number of hydrogen-bond donors (Lipinski definition) is 1. The number of halogens is 2. The number of rotatable bonds is 2. The molecule has 0 aliphatic heterocycles. The number of nitrogen functional groups attached to an aromatic ring is 1. The van der Waals surface area contributed by atoms with Gasteiger partial charge in [0.25, 0.3) is 0 Å². The molecule has 2 rings (SSSR count). The van der Waals surface area contributed by atoms with E-state index in [0.29, 0.717) is 15.7 Å². The Morgan fingerprint density at radius 1 is 1.29 bits per heavy atom. The SMILES string of the molecule is CC(C)c1c(N)cnn1-c1ccc(Cl)cc1Cl. The molecule has 0 aliphatic carbocycles. The van der Waals surface area contributed by atoms with Gasteiger partial charge in [-0.25, -0.2) is 4.68 Å². The van der Waals surface area contributed by atoms with Gasteiger partial charge in [0.05, 0.1) is 28.3 Å². The molecule has 90 valence electrons. The Morgan fingerprint density at radius 3 is 2.59 bits per heavy atom. The number of anilines is 1. The highest BCUT2D eigenvalue weighted by Gasteiger charge is 2.15. The van der Waals surface area contributed by atoms with Crippen LogP contribution in [0.2, 0.25) is 10.0 Å². The van der Waals surface area contributed by atoms with Gasteiger partial charge in [-0.15, -0.1) is 0 Å². The zero-order chi connectivity index (χ0) is 12.6. The monoisotopic (exact) mass is 269 g/mol. The third kappa shape index (κ3) is 2.26. The highest BCUT2D eigenvalue weighted by Crippen LogP contribution is 2.29. The molecule has 0 saturated carbocycles. The van der Waals surface area contributed by atoms with Gasteiger partial charge in [0.1, 0.15) is 0 Å². The van der Waals surface area contributed by atoms with Crippen LogP contribution < -0.4 is 5.73 Å². The first-order chi connectivity index (χ1) is 8.00. The minimum absolute atomic E-state index is 0.268. The highest BCUT2D eigenvalue weighted by atomic mass is 35.5. The summed E-state index contributed by atoms with van der Waals surface area (Å²) in [4.78, 5) is 0. The summed E-state index contributed by atoms with van der Waals surface area (Å²) in [5.41, 5.74) is 8.32. The fraction of sp³-hybridized carbons (Fsp3) is 0.250. The molecule has 0 radical (unpaired) electrons. The number of nitrogens with two attached hydrogens (primary N) is 1. The summed E-state index contributed by atoms with van der Waals surface area (Å²) in [6, 6.07) is 5.31. The Kier molecular flexibility index (Phi) is 3.31. The van der Waals surface area contributed by atoms with Crippen molar-refractivity contribution in [2.45, 2.75) is 19.8 Å². The maximum Gasteiger partial charge on any atom is 0.0837 e.